The summed E-state index contributed by atoms with van der Waals surface area (Å²) in [4.78, 5) is 35.7. The van der Waals surface area contributed by atoms with Crippen molar-refractivity contribution in [1.82, 2.24) is 24.7 Å². The first kappa shape index (κ1) is 22.6. The summed E-state index contributed by atoms with van der Waals surface area (Å²) in [6, 6.07) is 17.0. The van der Waals surface area contributed by atoms with Crippen LogP contribution in [0.4, 0.5) is 0 Å². The highest BCUT2D eigenvalue weighted by Crippen LogP contribution is 2.37. The maximum atomic E-state index is 13.8. The van der Waals surface area contributed by atoms with Gasteiger partial charge in [0.05, 0.1) is 36.7 Å². The quantitative estimate of drug-likeness (QED) is 0.585. The molecule has 2 atom stereocenters. The highest BCUT2D eigenvalue weighted by Gasteiger charge is 2.40. The predicted molar refractivity (Wildman–Crippen MR) is 129 cm³/mol. The van der Waals surface area contributed by atoms with Crippen LogP contribution in [0.25, 0.3) is 11.0 Å². The van der Waals surface area contributed by atoms with E-state index >= 15 is 0 Å². The Bertz CT molecular complexity index is 1160. The molecule has 2 aromatic carbocycles. The lowest BCUT2D eigenvalue weighted by atomic mass is 10.0. The molecule has 0 radical (unpaired) electrons. The molecule has 34 heavy (non-hydrogen) atoms. The fourth-order valence-electron chi connectivity index (χ4n) is 4.92. The Labute approximate surface area is 199 Å². The molecule has 0 unspecified atom stereocenters. The zero-order valence-corrected chi connectivity index (χ0v) is 19.5. The van der Waals surface area contributed by atoms with Crippen LogP contribution in [0, 0.1) is 0 Å². The SMILES string of the molecule is C[C@@H]1c2nc3ccccc3n2[C@H](CC(=O)NCCN2CCOCC2)C(=O)N1Cc1ccccc1. The van der Waals surface area contributed by atoms with Crippen LogP contribution >= 0.6 is 0 Å². The Morgan fingerprint density at radius 2 is 1.82 bits per heavy atom. The molecule has 0 aliphatic carbocycles. The molecule has 5 rings (SSSR count). The second kappa shape index (κ2) is 9.95. The first-order valence-corrected chi connectivity index (χ1v) is 12.0. The van der Waals surface area contributed by atoms with E-state index in [9.17, 15) is 9.59 Å². The van der Waals surface area contributed by atoms with Crippen molar-refractivity contribution < 1.29 is 14.3 Å². The Balaban J connectivity index is 1.37. The minimum Gasteiger partial charge on any atom is -0.379 e. The van der Waals surface area contributed by atoms with Gasteiger partial charge in [0.1, 0.15) is 11.9 Å². The van der Waals surface area contributed by atoms with Crippen LogP contribution in [0.2, 0.25) is 0 Å². The zero-order valence-electron chi connectivity index (χ0n) is 19.5. The molecule has 1 aromatic heterocycles. The average molecular weight is 462 g/mol. The Hall–Kier alpha value is -3.23. The van der Waals surface area contributed by atoms with Gasteiger partial charge >= 0.3 is 0 Å². The summed E-state index contributed by atoms with van der Waals surface area (Å²) < 4.78 is 7.36. The van der Waals surface area contributed by atoms with Crippen molar-refractivity contribution in [1.29, 1.82) is 0 Å². The van der Waals surface area contributed by atoms with Gasteiger partial charge in [0.25, 0.3) is 0 Å². The molecule has 0 saturated carbocycles. The van der Waals surface area contributed by atoms with E-state index in [1.807, 2.05) is 71.0 Å². The van der Waals surface area contributed by atoms with E-state index in [0.29, 0.717) is 13.1 Å². The average Bonchev–Trinajstić information content (AvgIpc) is 3.25. The molecule has 8 heteroatoms. The molecular formula is C26H31N5O3. The number of carbonyl (C=O) groups is 2. The van der Waals surface area contributed by atoms with Gasteiger partial charge in [-0.15, -0.1) is 0 Å². The first-order chi connectivity index (χ1) is 16.6. The second-order valence-electron chi connectivity index (χ2n) is 8.98. The van der Waals surface area contributed by atoms with Crippen LogP contribution in [0.5, 0.6) is 0 Å². The molecule has 1 saturated heterocycles. The third-order valence-electron chi connectivity index (χ3n) is 6.77. The zero-order chi connectivity index (χ0) is 23.5. The number of fused-ring (bicyclic) bond motifs is 3. The number of aromatic nitrogens is 2. The minimum absolute atomic E-state index is 0.0460. The Kier molecular flexibility index (Phi) is 6.60. The maximum Gasteiger partial charge on any atom is 0.247 e. The molecule has 3 aromatic rings. The number of imidazole rings is 1. The van der Waals surface area contributed by atoms with Gasteiger partial charge in [-0.3, -0.25) is 14.5 Å². The van der Waals surface area contributed by atoms with Crippen molar-refractivity contribution in [2.45, 2.75) is 32.0 Å². The normalized spacial score (nSPS) is 21.0. The molecule has 0 spiro atoms. The number of benzene rings is 2. The highest BCUT2D eigenvalue weighted by molar-refractivity contribution is 5.90. The van der Waals surface area contributed by atoms with Crippen LogP contribution in [0.1, 0.15) is 36.8 Å². The van der Waals surface area contributed by atoms with E-state index < -0.39 is 6.04 Å². The summed E-state index contributed by atoms with van der Waals surface area (Å²) >= 11 is 0. The van der Waals surface area contributed by atoms with Gasteiger partial charge in [0.2, 0.25) is 11.8 Å². The van der Waals surface area contributed by atoms with Crippen LogP contribution in [-0.2, 0) is 20.9 Å². The van der Waals surface area contributed by atoms with Crippen LogP contribution in [0.15, 0.2) is 54.6 Å². The number of amides is 2. The van der Waals surface area contributed by atoms with E-state index in [2.05, 4.69) is 10.2 Å². The molecule has 178 valence electrons. The lowest BCUT2D eigenvalue weighted by molar-refractivity contribution is -0.142. The lowest BCUT2D eigenvalue weighted by Gasteiger charge is -2.38. The van der Waals surface area contributed by atoms with E-state index in [1.54, 1.807) is 0 Å². The number of hydrogen-bond acceptors (Lipinski definition) is 5. The van der Waals surface area contributed by atoms with Gasteiger partial charge < -0.3 is 19.5 Å². The monoisotopic (exact) mass is 461 g/mol. The molecule has 0 bridgehead atoms. The summed E-state index contributed by atoms with van der Waals surface area (Å²) in [5, 5.41) is 3.02. The summed E-state index contributed by atoms with van der Waals surface area (Å²) in [7, 11) is 0. The molecular weight excluding hydrogens is 430 g/mol. The van der Waals surface area contributed by atoms with E-state index in [1.165, 1.54) is 0 Å². The maximum absolute atomic E-state index is 13.8. The fraction of sp³-hybridized carbons (Fsp3) is 0.423. The summed E-state index contributed by atoms with van der Waals surface area (Å²) in [6.45, 7) is 7.07. The molecule has 8 nitrogen and oxygen atoms in total. The van der Waals surface area contributed by atoms with Gasteiger partial charge in [-0.1, -0.05) is 42.5 Å². The third-order valence-corrected chi connectivity index (χ3v) is 6.77. The number of morpholine rings is 1. The summed E-state index contributed by atoms with van der Waals surface area (Å²) in [5.74, 6) is 0.655. The van der Waals surface area contributed by atoms with Crippen LogP contribution < -0.4 is 5.32 Å². The molecule has 2 aliphatic rings. The van der Waals surface area contributed by atoms with Crippen molar-refractivity contribution >= 4 is 22.8 Å². The topological polar surface area (TPSA) is 79.7 Å². The number of nitrogens with one attached hydrogen (secondary N) is 1. The fourth-order valence-corrected chi connectivity index (χ4v) is 4.92. The third kappa shape index (κ3) is 4.56. The smallest absolute Gasteiger partial charge is 0.247 e. The molecule has 3 heterocycles. The van der Waals surface area contributed by atoms with Gasteiger partial charge in [0, 0.05) is 32.7 Å². The Morgan fingerprint density at radius 3 is 2.62 bits per heavy atom. The van der Waals surface area contributed by atoms with Gasteiger partial charge in [-0.25, -0.2) is 4.98 Å². The minimum atomic E-state index is -0.620. The number of carbonyl (C=O) groups excluding carboxylic acids is 2. The molecule has 1 fully saturated rings. The summed E-state index contributed by atoms with van der Waals surface area (Å²) in [5.41, 5.74) is 2.79. The van der Waals surface area contributed by atoms with Crippen molar-refractivity contribution in [3.63, 3.8) is 0 Å². The number of hydrogen-bond donors (Lipinski definition) is 1. The number of para-hydroxylation sites is 2. The number of rotatable bonds is 7. The van der Waals surface area contributed by atoms with Gasteiger partial charge in [-0.05, 0) is 24.6 Å². The highest BCUT2D eigenvalue weighted by atomic mass is 16.5. The molecule has 1 N–H and O–H groups in total. The standard InChI is InChI=1S/C26H31N5O3/c1-19-25-28-21-9-5-6-10-22(21)31(25)23(26(33)30(19)18-20-7-3-2-4-8-20)17-24(32)27-11-12-29-13-15-34-16-14-29/h2-10,19,23H,11-18H2,1H3,(H,27,32)/t19-,23-/m1/s1. The van der Waals surface area contributed by atoms with Crippen LogP contribution in [-0.4, -0.2) is 70.6 Å². The van der Waals surface area contributed by atoms with Crippen molar-refractivity contribution in [2.24, 2.45) is 0 Å². The summed E-state index contributed by atoms with van der Waals surface area (Å²) in [6.07, 6.45) is 0.0906. The van der Waals surface area contributed by atoms with Crippen molar-refractivity contribution in [3.8, 4) is 0 Å². The van der Waals surface area contributed by atoms with E-state index in [0.717, 1.165) is 55.3 Å². The number of nitrogens with zero attached hydrogens (tertiary/aromatic N) is 4. The van der Waals surface area contributed by atoms with E-state index in [-0.39, 0.29) is 24.3 Å². The van der Waals surface area contributed by atoms with Gasteiger partial charge in [-0.2, -0.15) is 0 Å². The Morgan fingerprint density at radius 1 is 1.09 bits per heavy atom. The first-order valence-electron chi connectivity index (χ1n) is 12.0. The van der Waals surface area contributed by atoms with Crippen molar-refractivity contribution in [2.75, 3.05) is 39.4 Å². The lowest BCUT2D eigenvalue weighted by Crippen LogP contribution is -2.46. The van der Waals surface area contributed by atoms with E-state index in [4.69, 9.17) is 9.72 Å². The second-order valence-corrected chi connectivity index (χ2v) is 8.98. The van der Waals surface area contributed by atoms with Gasteiger partial charge in [0.15, 0.2) is 0 Å². The predicted octanol–water partition coefficient (Wildman–Crippen LogP) is 2.52. The van der Waals surface area contributed by atoms with Crippen LogP contribution in [0.3, 0.4) is 0 Å². The van der Waals surface area contributed by atoms with Crippen molar-refractivity contribution in [3.05, 3.63) is 66.0 Å². The largest absolute Gasteiger partial charge is 0.379 e. The molecule has 2 aliphatic heterocycles. The molecule has 2 amide bonds. The number of ether oxygens (including phenoxy) is 1.